The Morgan fingerprint density at radius 3 is 3.06 bits per heavy atom. The summed E-state index contributed by atoms with van der Waals surface area (Å²) in [6.45, 7) is 1.91. The largest absolute Gasteiger partial charge is 0.376 e. The fourth-order valence-electron chi connectivity index (χ4n) is 1.81. The highest BCUT2D eigenvalue weighted by Gasteiger charge is 2.15. The van der Waals surface area contributed by atoms with Crippen LogP contribution < -0.4 is 0 Å². The predicted octanol–water partition coefficient (Wildman–Crippen LogP) is 2.91. The van der Waals surface area contributed by atoms with Gasteiger partial charge < -0.3 is 9.47 Å². The lowest BCUT2D eigenvalue weighted by Crippen LogP contribution is -2.13. The van der Waals surface area contributed by atoms with E-state index in [-0.39, 0.29) is 6.10 Å². The van der Waals surface area contributed by atoms with Gasteiger partial charge in [-0.15, -0.1) is 0 Å². The number of halogens is 1. The second kappa shape index (κ2) is 6.02. The number of ether oxygens (including phenoxy) is 2. The predicted molar refractivity (Wildman–Crippen MR) is 64.8 cm³/mol. The van der Waals surface area contributed by atoms with Gasteiger partial charge in [0, 0.05) is 11.6 Å². The van der Waals surface area contributed by atoms with Gasteiger partial charge in [0.25, 0.3) is 0 Å². The number of benzene rings is 1. The second-order valence-electron chi connectivity index (χ2n) is 4.07. The van der Waals surface area contributed by atoms with E-state index in [1.807, 2.05) is 6.07 Å². The third kappa shape index (κ3) is 3.44. The van der Waals surface area contributed by atoms with E-state index in [1.165, 1.54) is 0 Å². The van der Waals surface area contributed by atoms with Crippen LogP contribution in [-0.2, 0) is 16.1 Å². The summed E-state index contributed by atoms with van der Waals surface area (Å²) in [6, 6.07) is 7.29. The fraction of sp³-hybridized carbons (Fsp3) is 0.462. The molecule has 1 saturated heterocycles. The van der Waals surface area contributed by atoms with E-state index in [0.717, 1.165) is 25.0 Å². The molecule has 1 unspecified atom stereocenters. The van der Waals surface area contributed by atoms with Crippen LogP contribution in [-0.4, -0.2) is 19.3 Å². The third-order valence-corrected chi connectivity index (χ3v) is 3.12. The molecule has 4 heteroatoms. The Morgan fingerprint density at radius 1 is 1.53 bits per heavy atom. The van der Waals surface area contributed by atoms with Crippen molar-refractivity contribution in [2.75, 3.05) is 13.2 Å². The van der Waals surface area contributed by atoms with Crippen molar-refractivity contribution in [2.45, 2.75) is 25.6 Å². The van der Waals surface area contributed by atoms with Gasteiger partial charge in [0.2, 0.25) is 0 Å². The second-order valence-corrected chi connectivity index (χ2v) is 4.48. The minimum atomic E-state index is 0.229. The molecule has 0 aromatic heterocycles. The van der Waals surface area contributed by atoms with E-state index in [1.54, 1.807) is 12.1 Å². The van der Waals surface area contributed by atoms with Crippen LogP contribution in [0.1, 0.15) is 24.0 Å². The van der Waals surface area contributed by atoms with E-state index in [4.69, 9.17) is 26.3 Å². The van der Waals surface area contributed by atoms with Crippen LogP contribution in [0.15, 0.2) is 18.2 Å². The summed E-state index contributed by atoms with van der Waals surface area (Å²) in [5.74, 6) is 0. The highest BCUT2D eigenvalue weighted by molar-refractivity contribution is 6.31. The summed E-state index contributed by atoms with van der Waals surface area (Å²) in [7, 11) is 0. The van der Waals surface area contributed by atoms with Crippen LogP contribution >= 0.6 is 11.6 Å². The summed E-state index contributed by atoms with van der Waals surface area (Å²) < 4.78 is 11.0. The standard InChI is InChI=1S/C13H14ClNO2/c14-13-6-10(7-15)3-4-11(13)8-16-9-12-2-1-5-17-12/h3-4,6,12H,1-2,5,8-9H2. The molecule has 0 aliphatic carbocycles. The molecule has 0 bridgehead atoms. The molecule has 1 aliphatic rings. The van der Waals surface area contributed by atoms with Crippen molar-refractivity contribution >= 4 is 11.6 Å². The van der Waals surface area contributed by atoms with Crippen LogP contribution in [0, 0.1) is 11.3 Å². The molecular weight excluding hydrogens is 238 g/mol. The number of nitrogens with zero attached hydrogens (tertiary/aromatic N) is 1. The van der Waals surface area contributed by atoms with Crippen molar-refractivity contribution < 1.29 is 9.47 Å². The molecule has 90 valence electrons. The molecule has 0 N–H and O–H groups in total. The van der Waals surface area contributed by atoms with Gasteiger partial charge in [-0.2, -0.15) is 5.26 Å². The average molecular weight is 252 g/mol. The first-order chi connectivity index (χ1) is 8.29. The average Bonchev–Trinajstić information content (AvgIpc) is 2.84. The van der Waals surface area contributed by atoms with Gasteiger partial charge in [0.05, 0.1) is 31.0 Å². The third-order valence-electron chi connectivity index (χ3n) is 2.77. The molecular formula is C13H14ClNO2. The van der Waals surface area contributed by atoms with Gasteiger partial charge in [-0.25, -0.2) is 0 Å². The van der Waals surface area contributed by atoms with E-state index < -0.39 is 0 Å². The van der Waals surface area contributed by atoms with E-state index >= 15 is 0 Å². The summed E-state index contributed by atoms with van der Waals surface area (Å²) >= 11 is 6.04. The lowest BCUT2D eigenvalue weighted by atomic mass is 10.1. The first kappa shape index (κ1) is 12.4. The van der Waals surface area contributed by atoms with Crippen molar-refractivity contribution in [3.05, 3.63) is 34.3 Å². The van der Waals surface area contributed by atoms with Crippen LogP contribution in [0.5, 0.6) is 0 Å². The Balaban J connectivity index is 1.84. The maximum Gasteiger partial charge on any atom is 0.0992 e. The minimum Gasteiger partial charge on any atom is -0.376 e. The highest BCUT2D eigenvalue weighted by Crippen LogP contribution is 2.19. The molecule has 0 radical (unpaired) electrons. The Hall–Kier alpha value is -1.08. The van der Waals surface area contributed by atoms with Crippen LogP contribution in [0.25, 0.3) is 0 Å². The number of hydrogen-bond acceptors (Lipinski definition) is 3. The quantitative estimate of drug-likeness (QED) is 0.826. The lowest BCUT2D eigenvalue weighted by Gasteiger charge is -2.10. The summed E-state index contributed by atoms with van der Waals surface area (Å²) in [4.78, 5) is 0. The molecule has 1 atom stereocenters. The molecule has 0 amide bonds. The molecule has 1 aromatic carbocycles. The molecule has 17 heavy (non-hydrogen) atoms. The normalized spacial score (nSPS) is 19.2. The molecule has 3 nitrogen and oxygen atoms in total. The summed E-state index contributed by atoms with van der Waals surface area (Å²) in [5, 5.41) is 9.30. The van der Waals surface area contributed by atoms with Gasteiger partial charge in [0.1, 0.15) is 0 Å². The van der Waals surface area contributed by atoms with E-state index in [9.17, 15) is 0 Å². The highest BCUT2D eigenvalue weighted by atomic mass is 35.5. The SMILES string of the molecule is N#Cc1ccc(COCC2CCCO2)c(Cl)c1. The number of rotatable bonds is 4. The summed E-state index contributed by atoms with van der Waals surface area (Å²) in [5.41, 5.74) is 1.47. The zero-order valence-corrected chi connectivity index (χ0v) is 10.2. The molecule has 0 spiro atoms. The molecule has 0 saturated carbocycles. The van der Waals surface area contributed by atoms with Gasteiger partial charge in [-0.05, 0) is 30.5 Å². The maximum atomic E-state index is 8.72. The molecule has 1 aromatic rings. The molecule has 1 heterocycles. The Kier molecular flexibility index (Phi) is 4.38. The molecule has 1 fully saturated rings. The van der Waals surface area contributed by atoms with Crippen molar-refractivity contribution in [2.24, 2.45) is 0 Å². The summed E-state index contributed by atoms with van der Waals surface area (Å²) in [6.07, 6.45) is 2.42. The van der Waals surface area contributed by atoms with Gasteiger partial charge in [-0.1, -0.05) is 17.7 Å². The van der Waals surface area contributed by atoms with Gasteiger partial charge in [-0.3, -0.25) is 0 Å². The van der Waals surface area contributed by atoms with Crippen molar-refractivity contribution in [1.82, 2.24) is 0 Å². The lowest BCUT2D eigenvalue weighted by molar-refractivity contribution is 0.0106. The Bertz CT molecular complexity index is 422. The smallest absolute Gasteiger partial charge is 0.0992 e. The van der Waals surface area contributed by atoms with Crippen LogP contribution in [0.2, 0.25) is 5.02 Å². The van der Waals surface area contributed by atoms with Gasteiger partial charge >= 0.3 is 0 Å². The van der Waals surface area contributed by atoms with Crippen molar-refractivity contribution in [3.63, 3.8) is 0 Å². The monoisotopic (exact) mass is 251 g/mol. The zero-order valence-electron chi connectivity index (χ0n) is 9.49. The number of hydrogen-bond donors (Lipinski definition) is 0. The van der Waals surface area contributed by atoms with Gasteiger partial charge in [0.15, 0.2) is 0 Å². The fourth-order valence-corrected chi connectivity index (χ4v) is 2.05. The van der Waals surface area contributed by atoms with E-state index in [2.05, 4.69) is 6.07 Å². The Morgan fingerprint density at radius 2 is 2.41 bits per heavy atom. The Labute approximate surface area is 106 Å². The van der Waals surface area contributed by atoms with Crippen molar-refractivity contribution in [1.29, 1.82) is 5.26 Å². The van der Waals surface area contributed by atoms with Crippen LogP contribution in [0.3, 0.4) is 0 Å². The maximum absolute atomic E-state index is 8.72. The first-order valence-corrected chi connectivity index (χ1v) is 6.05. The molecule has 2 rings (SSSR count). The minimum absolute atomic E-state index is 0.229. The van der Waals surface area contributed by atoms with Crippen molar-refractivity contribution in [3.8, 4) is 6.07 Å². The first-order valence-electron chi connectivity index (χ1n) is 5.67. The zero-order chi connectivity index (χ0) is 12.1. The van der Waals surface area contributed by atoms with E-state index in [0.29, 0.717) is 23.8 Å². The van der Waals surface area contributed by atoms with Crippen LogP contribution in [0.4, 0.5) is 0 Å². The number of nitriles is 1. The molecule has 1 aliphatic heterocycles. The topological polar surface area (TPSA) is 42.2 Å².